The van der Waals surface area contributed by atoms with Crippen molar-refractivity contribution in [3.63, 3.8) is 0 Å². The lowest BCUT2D eigenvalue weighted by Crippen LogP contribution is -2.10. The summed E-state index contributed by atoms with van der Waals surface area (Å²) < 4.78 is 38.0. The zero-order chi connectivity index (χ0) is 12.5. The molecule has 0 aromatic heterocycles. The van der Waals surface area contributed by atoms with E-state index in [4.69, 9.17) is 0 Å². The van der Waals surface area contributed by atoms with E-state index >= 15 is 0 Å². The molecule has 4 heteroatoms. The molecule has 1 aliphatic rings. The van der Waals surface area contributed by atoms with Crippen molar-refractivity contribution in [3.05, 3.63) is 35.4 Å². The number of carbonyl (C=O) groups excluding carboxylic acids is 1. The van der Waals surface area contributed by atoms with Crippen molar-refractivity contribution in [2.45, 2.75) is 31.9 Å². The third-order valence-corrected chi connectivity index (χ3v) is 3.00. The van der Waals surface area contributed by atoms with E-state index in [1.165, 1.54) is 12.1 Å². The van der Waals surface area contributed by atoms with Crippen LogP contribution in [0.3, 0.4) is 0 Å². The first-order valence-corrected chi connectivity index (χ1v) is 5.66. The Kier molecular flexibility index (Phi) is 3.22. The number of Topliss-reactive ketones (excluding diaryl/α,β-unsaturated/α-hetero) is 1. The first kappa shape index (κ1) is 12.1. The number of carbonyl (C=O) groups is 1. The molecule has 0 aliphatic heterocycles. The number of halogens is 3. The molecule has 0 amide bonds. The SMILES string of the molecule is O=C(CCc1ccccc1C(F)(F)F)C1CC1. The van der Waals surface area contributed by atoms with Crippen molar-refractivity contribution in [2.75, 3.05) is 0 Å². The fourth-order valence-electron chi connectivity index (χ4n) is 1.88. The topological polar surface area (TPSA) is 17.1 Å². The van der Waals surface area contributed by atoms with Crippen LogP contribution >= 0.6 is 0 Å². The van der Waals surface area contributed by atoms with Gasteiger partial charge in [0.2, 0.25) is 0 Å². The quantitative estimate of drug-likeness (QED) is 0.788. The largest absolute Gasteiger partial charge is 0.416 e. The van der Waals surface area contributed by atoms with Gasteiger partial charge < -0.3 is 0 Å². The summed E-state index contributed by atoms with van der Waals surface area (Å²) in [6.07, 6.45) is -2.12. The smallest absolute Gasteiger partial charge is 0.299 e. The van der Waals surface area contributed by atoms with Crippen molar-refractivity contribution in [1.29, 1.82) is 0 Å². The number of rotatable bonds is 4. The molecular formula is C13H13F3O. The van der Waals surface area contributed by atoms with E-state index in [1.54, 1.807) is 6.07 Å². The zero-order valence-corrected chi connectivity index (χ0v) is 9.26. The van der Waals surface area contributed by atoms with Gasteiger partial charge >= 0.3 is 6.18 Å². The summed E-state index contributed by atoms with van der Waals surface area (Å²) in [5.74, 6) is 0.218. The molecule has 2 rings (SSSR count). The standard InChI is InChI=1S/C13H13F3O/c14-13(15,16)11-4-2-1-3-9(11)7-8-12(17)10-5-6-10/h1-4,10H,5-8H2. The molecule has 17 heavy (non-hydrogen) atoms. The Morgan fingerprint density at radius 2 is 1.88 bits per heavy atom. The van der Waals surface area contributed by atoms with Crippen LogP contribution in [0.4, 0.5) is 13.2 Å². The van der Waals surface area contributed by atoms with Crippen molar-refractivity contribution in [1.82, 2.24) is 0 Å². The van der Waals surface area contributed by atoms with Crippen LogP contribution in [0.15, 0.2) is 24.3 Å². The summed E-state index contributed by atoms with van der Waals surface area (Å²) in [4.78, 5) is 11.5. The van der Waals surface area contributed by atoms with Crippen LogP contribution in [-0.2, 0) is 17.4 Å². The molecule has 1 aromatic carbocycles. The minimum absolute atomic E-state index is 0.0991. The lowest BCUT2D eigenvalue weighted by Gasteiger charge is -2.12. The van der Waals surface area contributed by atoms with Gasteiger partial charge in [-0.05, 0) is 30.9 Å². The van der Waals surface area contributed by atoms with E-state index in [9.17, 15) is 18.0 Å². The van der Waals surface area contributed by atoms with Gasteiger partial charge in [0.25, 0.3) is 0 Å². The van der Waals surface area contributed by atoms with E-state index in [0.717, 1.165) is 18.9 Å². The summed E-state index contributed by atoms with van der Waals surface area (Å²) in [5, 5.41) is 0. The van der Waals surface area contributed by atoms with E-state index < -0.39 is 11.7 Å². The maximum absolute atomic E-state index is 12.7. The number of benzene rings is 1. The van der Waals surface area contributed by atoms with Gasteiger partial charge in [0.05, 0.1) is 5.56 Å². The second-order valence-electron chi connectivity index (χ2n) is 4.40. The molecule has 0 radical (unpaired) electrons. The first-order chi connectivity index (χ1) is 7.98. The Hall–Kier alpha value is -1.32. The average Bonchev–Trinajstić information content (AvgIpc) is 3.08. The van der Waals surface area contributed by atoms with E-state index in [1.807, 2.05) is 0 Å². The number of hydrogen-bond acceptors (Lipinski definition) is 1. The van der Waals surface area contributed by atoms with Gasteiger partial charge in [0, 0.05) is 12.3 Å². The van der Waals surface area contributed by atoms with Gasteiger partial charge in [-0.2, -0.15) is 13.2 Å². The first-order valence-electron chi connectivity index (χ1n) is 5.66. The predicted molar refractivity (Wildman–Crippen MR) is 57.5 cm³/mol. The van der Waals surface area contributed by atoms with Crippen LogP contribution in [0.1, 0.15) is 30.4 Å². The Bertz CT molecular complexity index is 419. The average molecular weight is 242 g/mol. The van der Waals surface area contributed by atoms with Crippen LogP contribution in [0.2, 0.25) is 0 Å². The summed E-state index contributed by atoms with van der Waals surface area (Å²) in [6, 6.07) is 5.46. The summed E-state index contributed by atoms with van der Waals surface area (Å²) >= 11 is 0. The van der Waals surface area contributed by atoms with Crippen LogP contribution in [-0.4, -0.2) is 5.78 Å². The molecule has 0 unspecified atom stereocenters. The van der Waals surface area contributed by atoms with Crippen LogP contribution < -0.4 is 0 Å². The highest BCUT2D eigenvalue weighted by Gasteiger charge is 2.33. The van der Waals surface area contributed by atoms with E-state index in [0.29, 0.717) is 0 Å². The lowest BCUT2D eigenvalue weighted by molar-refractivity contribution is -0.138. The van der Waals surface area contributed by atoms with Crippen molar-refractivity contribution >= 4 is 5.78 Å². The Balaban J connectivity index is 2.06. The molecule has 1 aromatic rings. The molecule has 0 atom stereocenters. The highest BCUT2D eigenvalue weighted by Crippen LogP contribution is 2.34. The van der Waals surface area contributed by atoms with Crippen molar-refractivity contribution < 1.29 is 18.0 Å². The van der Waals surface area contributed by atoms with Gasteiger partial charge in [0.15, 0.2) is 0 Å². The number of ketones is 1. The molecule has 0 saturated heterocycles. The lowest BCUT2D eigenvalue weighted by atomic mass is 10.00. The molecule has 0 heterocycles. The Labute approximate surface area is 97.6 Å². The molecule has 0 bridgehead atoms. The monoisotopic (exact) mass is 242 g/mol. The van der Waals surface area contributed by atoms with Gasteiger partial charge in [-0.3, -0.25) is 4.79 Å². The van der Waals surface area contributed by atoms with Crippen LogP contribution in [0, 0.1) is 5.92 Å². The molecular weight excluding hydrogens is 229 g/mol. The van der Waals surface area contributed by atoms with Crippen LogP contribution in [0.25, 0.3) is 0 Å². The molecule has 92 valence electrons. The van der Waals surface area contributed by atoms with Gasteiger partial charge in [-0.25, -0.2) is 0 Å². The third-order valence-electron chi connectivity index (χ3n) is 3.00. The molecule has 1 fully saturated rings. The summed E-state index contributed by atoms with van der Waals surface area (Å²) in [5.41, 5.74) is -0.405. The third kappa shape index (κ3) is 3.08. The minimum Gasteiger partial charge on any atom is -0.299 e. The maximum Gasteiger partial charge on any atom is 0.416 e. The second kappa shape index (κ2) is 4.51. The molecule has 1 aliphatic carbocycles. The Morgan fingerprint density at radius 1 is 1.24 bits per heavy atom. The van der Waals surface area contributed by atoms with Crippen LogP contribution in [0.5, 0.6) is 0 Å². The van der Waals surface area contributed by atoms with E-state index in [-0.39, 0.29) is 30.1 Å². The normalized spacial score (nSPS) is 15.9. The highest BCUT2D eigenvalue weighted by molar-refractivity contribution is 5.83. The molecule has 1 saturated carbocycles. The second-order valence-corrected chi connectivity index (χ2v) is 4.40. The summed E-state index contributed by atoms with van der Waals surface area (Å²) in [6.45, 7) is 0. The molecule has 0 N–H and O–H groups in total. The van der Waals surface area contributed by atoms with Crippen molar-refractivity contribution in [3.8, 4) is 0 Å². The molecule has 0 spiro atoms. The maximum atomic E-state index is 12.7. The fraction of sp³-hybridized carbons (Fsp3) is 0.462. The van der Waals surface area contributed by atoms with Gasteiger partial charge in [-0.15, -0.1) is 0 Å². The summed E-state index contributed by atoms with van der Waals surface area (Å²) in [7, 11) is 0. The number of aryl methyl sites for hydroxylation is 1. The van der Waals surface area contributed by atoms with E-state index in [2.05, 4.69) is 0 Å². The van der Waals surface area contributed by atoms with Gasteiger partial charge in [0.1, 0.15) is 5.78 Å². The molecule has 1 nitrogen and oxygen atoms in total. The minimum atomic E-state index is -4.33. The zero-order valence-electron chi connectivity index (χ0n) is 9.26. The number of hydrogen-bond donors (Lipinski definition) is 0. The predicted octanol–water partition coefficient (Wildman–Crippen LogP) is 3.62. The Morgan fingerprint density at radius 3 is 2.47 bits per heavy atom. The fourth-order valence-corrected chi connectivity index (χ4v) is 1.88. The van der Waals surface area contributed by atoms with Gasteiger partial charge in [-0.1, -0.05) is 18.2 Å². The number of alkyl halides is 3. The van der Waals surface area contributed by atoms with Crippen molar-refractivity contribution in [2.24, 2.45) is 5.92 Å². The highest BCUT2D eigenvalue weighted by atomic mass is 19.4.